The quantitative estimate of drug-likeness (QED) is 0.0222. The first kappa shape index (κ1) is 83.1. The van der Waals surface area contributed by atoms with Crippen LogP contribution in [-0.2, 0) is 65.4 Å². The Hall–Kier alpha value is -1.94. The first-order valence-electron chi connectivity index (χ1n) is 34.6. The van der Waals surface area contributed by atoms with Crippen LogP contribution in [0.5, 0.6) is 0 Å². The number of esters is 4. The first-order chi connectivity index (χ1) is 41.0. The number of phosphoric acid groups is 2. The van der Waals surface area contributed by atoms with E-state index in [1.54, 1.807) is 0 Å². The molecule has 17 nitrogen and oxygen atoms in total. The van der Waals surface area contributed by atoms with Crippen molar-refractivity contribution in [3.63, 3.8) is 0 Å². The van der Waals surface area contributed by atoms with Crippen molar-refractivity contribution in [1.29, 1.82) is 0 Å². The predicted molar refractivity (Wildman–Crippen MR) is 340 cm³/mol. The zero-order valence-electron chi connectivity index (χ0n) is 54.7. The molecule has 19 heteroatoms. The molecule has 0 saturated heterocycles. The van der Waals surface area contributed by atoms with E-state index in [0.29, 0.717) is 31.6 Å². The lowest BCUT2D eigenvalue weighted by molar-refractivity contribution is -0.161. The zero-order chi connectivity index (χ0) is 62.8. The van der Waals surface area contributed by atoms with Gasteiger partial charge in [-0.1, -0.05) is 285 Å². The zero-order valence-corrected chi connectivity index (χ0v) is 56.5. The number of carbonyl (C=O) groups is 4. The number of phosphoric ester groups is 2. The monoisotopic (exact) mass is 1250 g/mol. The van der Waals surface area contributed by atoms with Crippen molar-refractivity contribution < 1.29 is 80.2 Å². The molecule has 5 atom stereocenters. The van der Waals surface area contributed by atoms with Gasteiger partial charge in [-0.2, -0.15) is 0 Å². The minimum Gasteiger partial charge on any atom is -0.462 e. The van der Waals surface area contributed by atoms with Gasteiger partial charge in [-0.25, -0.2) is 9.13 Å². The summed E-state index contributed by atoms with van der Waals surface area (Å²) in [5, 5.41) is 10.5. The Bertz CT molecular complexity index is 1650. The molecule has 85 heavy (non-hydrogen) atoms. The Kier molecular flexibility index (Phi) is 58.3. The van der Waals surface area contributed by atoms with Crippen LogP contribution in [0.1, 0.15) is 336 Å². The summed E-state index contributed by atoms with van der Waals surface area (Å²) in [7, 11) is -9.88. The van der Waals surface area contributed by atoms with Crippen molar-refractivity contribution in [3.05, 3.63) is 0 Å². The third kappa shape index (κ3) is 60.7. The molecule has 0 spiro atoms. The normalized spacial score (nSPS) is 14.2. The summed E-state index contributed by atoms with van der Waals surface area (Å²) >= 11 is 0. The molecule has 0 aliphatic rings. The van der Waals surface area contributed by atoms with E-state index in [4.69, 9.17) is 37.0 Å². The van der Waals surface area contributed by atoms with Gasteiger partial charge in [-0.15, -0.1) is 0 Å². The van der Waals surface area contributed by atoms with E-state index >= 15 is 0 Å². The van der Waals surface area contributed by atoms with Crippen LogP contribution in [0.4, 0.5) is 0 Å². The van der Waals surface area contributed by atoms with E-state index in [9.17, 15) is 43.2 Å². The van der Waals surface area contributed by atoms with Crippen LogP contribution in [-0.4, -0.2) is 96.7 Å². The second-order valence-electron chi connectivity index (χ2n) is 24.3. The molecule has 0 heterocycles. The predicted octanol–water partition coefficient (Wildman–Crippen LogP) is 18.6. The molecular formula is C66H128O17P2. The minimum absolute atomic E-state index is 0.103. The highest BCUT2D eigenvalue weighted by Crippen LogP contribution is 2.45. The Balaban J connectivity index is 5.16. The van der Waals surface area contributed by atoms with Crippen LogP contribution >= 0.6 is 15.6 Å². The van der Waals surface area contributed by atoms with E-state index in [1.807, 2.05) is 0 Å². The maximum Gasteiger partial charge on any atom is 0.472 e. The van der Waals surface area contributed by atoms with Gasteiger partial charge in [0.25, 0.3) is 0 Å². The summed E-state index contributed by atoms with van der Waals surface area (Å²) in [6.07, 6.45) is 44.9. The van der Waals surface area contributed by atoms with E-state index in [2.05, 4.69) is 34.6 Å². The number of aliphatic hydroxyl groups excluding tert-OH is 1. The molecule has 0 aromatic carbocycles. The van der Waals surface area contributed by atoms with Crippen LogP contribution in [0.25, 0.3) is 0 Å². The molecule has 504 valence electrons. The molecule has 2 unspecified atom stereocenters. The molecular weight excluding hydrogens is 1130 g/mol. The molecule has 0 aliphatic carbocycles. The summed E-state index contributed by atoms with van der Waals surface area (Å²) in [6.45, 7) is 7.07. The number of carbonyl (C=O) groups excluding carboxylic acids is 4. The van der Waals surface area contributed by atoms with Gasteiger partial charge in [0.15, 0.2) is 12.2 Å². The van der Waals surface area contributed by atoms with Gasteiger partial charge in [0, 0.05) is 25.7 Å². The number of hydrogen-bond acceptors (Lipinski definition) is 15. The van der Waals surface area contributed by atoms with Crippen molar-refractivity contribution in [2.75, 3.05) is 39.6 Å². The van der Waals surface area contributed by atoms with Gasteiger partial charge in [-0.05, 0) is 31.6 Å². The van der Waals surface area contributed by atoms with Crippen LogP contribution in [0.15, 0.2) is 0 Å². The number of unbranched alkanes of at least 4 members (excludes halogenated alkanes) is 38. The summed E-state index contributed by atoms with van der Waals surface area (Å²) in [4.78, 5) is 72.1. The number of hydrogen-bond donors (Lipinski definition) is 3. The molecule has 0 aliphatic heterocycles. The second kappa shape index (κ2) is 59.7. The third-order valence-electron chi connectivity index (χ3n) is 15.3. The van der Waals surface area contributed by atoms with E-state index in [0.717, 1.165) is 96.3 Å². The van der Waals surface area contributed by atoms with Gasteiger partial charge in [-0.3, -0.25) is 37.3 Å². The lowest BCUT2D eigenvalue weighted by Crippen LogP contribution is -2.30. The standard InChI is InChI=1S/C66H128O17P2/c1-6-9-12-15-17-19-21-23-25-27-29-31-35-40-45-50-64(69)77-56-62(83-65(70)51-46-41-36-32-30-28-26-24-22-20-18-16-13-10-7-2)58-81-85(74,75)79-54-60(67)53-78-84(72,73)80-57-61(55-76-63(68)49-44-38-14-11-8-3)82-66(71)52-47-42-37-33-34-39-43-48-59(4)5/h59-62,67H,6-58H2,1-5H3,(H,72,73)(H,74,75)/t60-,61+,62+/m0/s1. The number of aliphatic hydroxyl groups is 1. The minimum atomic E-state index is -4.95. The van der Waals surface area contributed by atoms with Crippen molar-refractivity contribution in [2.24, 2.45) is 5.92 Å². The first-order valence-corrected chi connectivity index (χ1v) is 37.6. The van der Waals surface area contributed by atoms with Crippen LogP contribution in [0.2, 0.25) is 0 Å². The smallest absolute Gasteiger partial charge is 0.462 e. The summed E-state index contributed by atoms with van der Waals surface area (Å²) in [5.41, 5.74) is 0. The fraction of sp³-hybridized carbons (Fsp3) is 0.939. The van der Waals surface area contributed by atoms with Crippen LogP contribution in [0, 0.1) is 5.92 Å². The van der Waals surface area contributed by atoms with Crippen LogP contribution < -0.4 is 0 Å². The van der Waals surface area contributed by atoms with Gasteiger partial charge in [0.1, 0.15) is 19.3 Å². The van der Waals surface area contributed by atoms with Gasteiger partial charge < -0.3 is 33.8 Å². The summed E-state index contributed by atoms with van der Waals surface area (Å²) in [5.74, 6) is -1.44. The average molecular weight is 1260 g/mol. The van der Waals surface area contributed by atoms with Crippen molar-refractivity contribution >= 4 is 39.5 Å². The Morgan fingerprint density at radius 3 is 0.800 bits per heavy atom. The number of rotatable bonds is 66. The van der Waals surface area contributed by atoms with Gasteiger partial charge in [0.2, 0.25) is 0 Å². The molecule has 3 N–H and O–H groups in total. The van der Waals surface area contributed by atoms with Crippen molar-refractivity contribution in [3.8, 4) is 0 Å². The topological polar surface area (TPSA) is 237 Å². The lowest BCUT2D eigenvalue weighted by atomic mass is 10.0. The molecule has 0 rings (SSSR count). The Morgan fingerprint density at radius 2 is 0.541 bits per heavy atom. The summed E-state index contributed by atoms with van der Waals surface area (Å²) in [6, 6.07) is 0. The highest BCUT2D eigenvalue weighted by atomic mass is 31.2. The molecule has 0 amide bonds. The Morgan fingerprint density at radius 1 is 0.318 bits per heavy atom. The second-order valence-corrected chi connectivity index (χ2v) is 27.2. The molecule has 0 bridgehead atoms. The van der Waals surface area contributed by atoms with Crippen molar-refractivity contribution in [1.82, 2.24) is 0 Å². The summed E-state index contributed by atoms with van der Waals surface area (Å²) < 4.78 is 67.9. The van der Waals surface area contributed by atoms with E-state index < -0.39 is 97.5 Å². The van der Waals surface area contributed by atoms with Gasteiger partial charge in [0.05, 0.1) is 26.4 Å². The largest absolute Gasteiger partial charge is 0.472 e. The van der Waals surface area contributed by atoms with Gasteiger partial charge >= 0.3 is 39.5 Å². The Labute approximate surface area is 517 Å². The third-order valence-corrected chi connectivity index (χ3v) is 17.2. The molecule has 0 fully saturated rings. The van der Waals surface area contributed by atoms with E-state index in [1.165, 1.54) is 154 Å². The highest BCUT2D eigenvalue weighted by molar-refractivity contribution is 7.47. The molecule has 0 saturated carbocycles. The molecule has 0 radical (unpaired) electrons. The maximum absolute atomic E-state index is 13.0. The SMILES string of the molecule is CCCCCCCCCCCCCCCCCC(=O)OC[C@H](COP(=O)(O)OC[C@@H](O)COP(=O)(O)OC[C@@H](COC(=O)CCCCCCC)OC(=O)CCCCCCCCCC(C)C)OC(=O)CCCCCCCCCCCCCCCCC. The molecule has 0 aromatic heterocycles. The lowest BCUT2D eigenvalue weighted by Gasteiger charge is -2.21. The van der Waals surface area contributed by atoms with Crippen LogP contribution in [0.3, 0.4) is 0 Å². The molecule has 0 aromatic rings. The number of ether oxygens (including phenoxy) is 4. The van der Waals surface area contributed by atoms with Crippen molar-refractivity contribution in [2.45, 2.75) is 355 Å². The highest BCUT2D eigenvalue weighted by Gasteiger charge is 2.30. The fourth-order valence-corrected chi connectivity index (χ4v) is 11.5. The maximum atomic E-state index is 13.0. The fourth-order valence-electron chi connectivity index (χ4n) is 9.94. The average Bonchev–Trinajstić information content (AvgIpc) is 3.51. The van der Waals surface area contributed by atoms with E-state index in [-0.39, 0.29) is 25.7 Å².